The van der Waals surface area contributed by atoms with Crippen molar-refractivity contribution in [2.45, 2.75) is 20.5 Å². The van der Waals surface area contributed by atoms with Crippen molar-refractivity contribution in [3.8, 4) is 11.5 Å². The molecule has 0 heterocycles. The lowest BCUT2D eigenvalue weighted by Gasteiger charge is -2.15. The maximum Gasteiger partial charge on any atom is 0.271 e. The second kappa shape index (κ2) is 11.3. The zero-order valence-electron chi connectivity index (χ0n) is 17.2. The van der Waals surface area contributed by atoms with Gasteiger partial charge in [0.1, 0.15) is 6.61 Å². The minimum Gasteiger partial charge on any atom is -0.490 e. The van der Waals surface area contributed by atoms with Gasteiger partial charge in [-0.05, 0) is 99.4 Å². The molecule has 0 bridgehead atoms. The van der Waals surface area contributed by atoms with Crippen LogP contribution in [0.4, 0.5) is 0 Å². The first-order valence-electron chi connectivity index (χ1n) is 9.70. The normalized spacial score (nSPS) is 10.8. The van der Waals surface area contributed by atoms with E-state index < -0.39 is 0 Å². The molecule has 1 N–H and O–H groups in total. The fourth-order valence-electron chi connectivity index (χ4n) is 2.85. The molecule has 0 unspecified atom stereocenters. The monoisotopic (exact) mass is 592 g/mol. The number of rotatable bonds is 8. The van der Waals surface area contributed by atoms with Gasteiger partial charge in [-0.25, -0.2) is 5.43 Å². The molecular formula is C24H22BrIN2O3. The van der Waals surface area contributed by atoms with E-state index in [4.69, 9.17) is 9.47 Å². The maximum atomic E-state index is 12.2. The topological polar surface area (TPSA) is 59.9 Å². The maximum absolute atomic E-state index is 12.2. The van der Waals surface area contributed by atoms with Gasteiger partial charge in [0.05, 0.1) is 17.3 Å². The molecule has 0 aliphatic rings. The van der Waals surface area contributed by atoms with Crippen molar-refractivity contribution in [3.63, 3.8) is 0 Å². The van der Waals surface area contributed by atoms with Gasteiger partial charge in [0.25, 0.3) is 5.91 Å². The first-order valence-corrected chi connectivity index (χ1v) is 11.6. The minimum atomic E-state index is -0.267. The minimum absolute atomic E-state index is 0.267. The summed E-state index contributed by atoms with van der Waals surface area (Å²) in [6.45, 7) is 4.91. The van der Waals surface area contributed by atoms with E-state index >= 15 is 0 Å². The highest BCUT2D eigenvalue weighted by molar-refractivity contribution is 14.1. The molecule has 3 rings (SSSR count). The quantitative estimate of drug-likeness (QED) is 0.195. The van der Waals surface area contributed by atoms with Crippen LogP contribution in [-0.4, -0.2) is 18.7 Å². The third-order valence-electron chi connectivity index (χ3n) is 4.43. The van der Waals surface area contributed by atoms with Crippen LogP contribution in [0.25, 0.3) is 0 Å². The number of hydrogen-bond acceptors (Lipinski definition) is 4. The molecule has 5 nitrogen and oxygen atoms in total. The molecule has 1 amide bonds. The van der Waals surface area contributed by atoms with Gasteiger partial charge in [-0.15, -0.1) is 0 Å². The Hall–Kier alpha value is -2.39. The van der Waals surface area contributed by atoms with Gasteiger partial charge >= 0.3 is 0 Å². The van der Waals surface area contributed by atoms with Crippen LogP contribution < -0.4 is 14.9 Å². The van der Waals surface area contributed by atoms with Crippen LogP contribution in [0.2, 0.25) is 0 Å². The Morgan fingerprint density at radius 1 is 1.13 bits per heavy atom. The molecule has 3 aromatic carbocycles. The van der Waals surface area contributed by atoms with Crippen molar-refractivity contribution in [2.75, 3.05) is 6.61 Å². The molecular weight excluding hydrogens is 571 g/mol. The molecule has 0 saturated carbocycles. The van der Waals surface area contributed by atoms with E-state index in [-0.39, 0.29) is 5.91 Å². The third kappa shape index (κ3) is 6.54. The number of amides is 1. The van der Waals surface area contributed by atoms with E-state index in [1.54, 1.807) is 18.3 Å². The van der Waals surface area contributed by atoms with E-state index in [1.165, 1.54) is 5.56 Å². The van der Waals surface area contributed by atoms with Gasteiger partial charge in [-0.3, -0.25) is 4.79 Å². The molecule has 7 heteroatoms. The van der Waals surface area contributed by atoms with E-state index in [0.717, 1.165) is 19.2 Å². The Balaban J connectivity index is 1.73. The molecule has 0 radical (unpaired) electrons. The first kappa shape index (κ1) is 23.3. The fourth-order valence-corrected chi connectivity index (χ4v) is 3.96. The molecule has 31 heavy (non-hydrogen) atoms. The summed E-state index contributed by atoms with van der Waals surface area (Å²) in [7, 11) is 0. The number of hydrazone groups is 1. The van der Waals surface area contributed by atoms with E-state index in [9.17, 15) is 4.79 Å². The highest BCUT2D eigenvalue weighted by atomic mass is 127. The SMILES string of the molecule is CCOc1cc(/C=N\NC(=O)c2cccc(I)c2)cc(Br)c1OCc1ccccc1C. The summed E-state index contributed by atoms with van der Waals surface area (Å²) >= 11 is 5.74. The summed E-state index contributed by atoms with van der Waals surface area (Å²) in [4.78, 5) is 12.2. The van der Waals surface area contributed by atoms with Crippen molar-refractivity contribution >= 4 is 50.6 Å². The summed E-state index contributed by atoms with van der Waals surface area (Å²) < 4.78 is 13.6. The number of nitrogens with zero attached hydrogens (tertiary/aromatic N) is 1. The van der Waals surface area contributed by atoms with Crippen LogP contribution in [0, 0.1) is 10.5 Å². The molecule has 0 atom stereocenters. The van der Waals surface area contributed by atoms with Crippen LogP contribution >= 0.6 is 38.5 Å². The number of carbonyl (C=O) groups excluding carboxylic acids is 1. The average molecular weight is 593 g/mol. The van der Waals surface area contributed by atoms with E-state index in [2.05, 4.69) is 62.0 Å². The van der Waals surface area contributed by atoms with Crippen molar-refractivity contribution in [2.24, 2.45) is 5.10 Å². The summed E-state index contributed by atoms with van der Waals surface area (Å²) in [6.07, 6.45) is 1.57. The van der Waals surface area contributed by atoms with Crippen LogP contribution in [0.5, 0.6) is 11.5 Å². The van der Waals surface area contributed by atoms with Crippen molar-refractivity contribution < 1.29 is 14.3 Å². The van der Waals surface area contributed by atoms with Crippen LogP contribution in [-0.2, 0) is 6.61 Å². The molecule has 160 valence electrons. The van der Waals surface area contributed by atoms with Gasteiger partial charge in [-0.2, -0.15) is 5.10 Å². The lowest BCUT2D eigenvalue weighted by atomic mass is 10.1. The smallest absolute Gasteiger partial charge is 0.271 e. The Bertz CT molecular complexity index is 1100. The van der Waals surface area contributed by atoms with Crippen molar-refractivity contribution in [3.05, 3.63) is 91.0 Å². The summed E-state index contributed by atoms with van der Waals surface area (Å²) in [5.41, 5.74) is 6.16. The molecule has 0 aromatic heterocycles. The van der Waals surface area contributed by atoms with Gasteiger partial charge in [0.2, 0.25) is 0 Å². The largest absolute Gasteiger partial charge is 0.490 e. The number of benzene rings is 3. The van der Waals surface area contributed by atoms with Gasteiger partial charge < -0.3 is 9.47 Å². The van der Waals surface area contributed by atoms with E-state index in [0.29, 0.717) is 30.3 Å². The Morgan fingerprint density at radius 2 is 1.94 bits per heavy atom. The first-order chi connectivity index (χ1) is 15.0. The molecule has 0 saturated heterocycles. The summed E-state index contributed by atoms with van der Waals surface area (Å²) in [5, 5.41) is 4.08. The Kier molecular flexibility index (Phi) is 8.48. The van der Waals surface area contributed by atoms with Gasteiger partial charge in [0.15, 0.2) is 11.5 Å². The summed E-state index contributed by atoms with van der Waals surface area (Å²) in [5.74, 6) is 0.970. The predicted molar refractivity (Wildman–Crippen MR) is 135 cm³/mol. The molecule has 0 fully saturated rings. The number of hydrogen-bond donors (Lipinski definition) is 1. The number of nitrogens with one attached hydrogen (secondary N) is 1. The zero-order chi connectivity index (χ0) is 22.2. The lowest BCUT2D eigenvalue weighted by molar-refractivity contribution is 0.0955. The van der Waals surface area contributed by atoms with Crippen LogP contribution in [0.1, 0.15) is 34.0 Å². The average Bonchev–Trinajstić information content (AvgIpc) is 2.74. The van der Waals surface area contributed by atoms with Crippen molar-refractivity contribution in [1.82, 2.24) is 5.43 Å². The molecule has 0 aliphatic carbocycles. The lowest BCUT2D eigenvalue weighted by Crippen LogP contribution is -2.17. The van der Waals surface area contributed by atoms with E-state index in [1.807, 2.05) is 49.4 Å². The highest BCUT2D eigenvalue weighted by Gasteiger charge is 2.13. The van der Waals surface area contributed by atoms with Gasteiger partial charge in [0, 0.05) is 9.13 Å². The second-order valence-corrected chi connectivity index (χ2v) is 8.79. The predicted octanol–water partition coefficient (Wildman–Crippen LogP) is 6.10. The van der Waals surface area contributed by atoms with Gasteiger partial charge in [-0.1, -0.05) is 30.3 Å². The molecule has 0 aliphatic heterocycles. The third-order valence-corrected chi connectivity index (χ3v) is 5.69. The van der Waals surface area contributed by atoms with Crippen LogP contribution in [0.15, 0.2) is 70.2 Å². The zero-order valence-corrected chi connectivity index (χ0v) is 20.9. The van der Waals surface area contributed by atoms with Crippen LogP contribution in [0.3, 0.4) is 0 Å². The second-order valence-electron chi connectivity index (χ2n) is 6.69. The highest BCUT2D eigenvalue weighted by Crippen LogP contribution is 2.37. The standard InChI is InChI=1S/C24H22BrIN2O3/c1-3-30-22-12-17(14-27-28-24(29)18-9-6-10-20(26)13-18)11-21(25)23(22)31-15-19-8-5-4-7-16(19)2/h4-14H,3,15H2,1-2H3,(H,28,29)/b27-14-. The number of ether oxygens (including phenoxy) is 2. The fraction of sp³-hybridized carbons (Fsp3) is 0.167. The number of aryl methyl sites for hydroxylation is 1. The van der Waals surface area contributed by atoms with Crippen molar-refractivity contribution in [1.29, 1.82) is 0 Å². The molecule has 3 aromatic rings. The Morgan fingerprint density at radius 3 is 2.68 bits per heavy atom. The number of halogens is 2. The summed E-state index contributed by atoms with van der Waals surface area (Å²) in [6, 6.07) is 19.1. The Labute approximate surface area is 204 Å². The number of carbonyl (C=O) groups is 1. The molecule has 0 spiro atoms.